The lowest BCUT2D eigenvalue weighted by Crippen LogP contribution is -2.45. The number of rotatable bonds is 5. The molecule has 6 nitrogen and oxygen atoms in total. The Morgan fingerprint density at radius 3 is 2.66 bits per heavy atom. The number of piperidine rings is 1. The van der Waals surface area contributed by atoms with Crippen molar-refractivity contribution < 1.29 is 14.3 Å². The van der Waals surface area contributed by atoms with Gasteiger partial charge in [0, 0.05) is 47.8 Å². The normalized spacial score (nSPS) is 26.7. The van der Waals surface area contributed by atoms with E-state index in [0.29, 0.717) is 24.2 Å². The number of hydrogen-bond donors (Lipinski definition) is 1. The number of likely N-dealkylation sites (tertiary alicyclic amines) is 1. The van der Waals surface area contributed by atoms with Crippen LogP contribution in [0.3, 0.4) is 0 Å². The summed E-state index contributed by atoms with van der Waals surface area (Å²) in [7, 11) is 0. The van der Waals surface area contributed by atoms with Crippen LogP contribution in [0.2, 0.25) is 0 Å². The van der Waals surface area contributed by atoms with E-state index < -0.39 is 0 Å². The Bertz CT molecular complexity index is 1380. The zero-order valence-corrected chi connectivity index (χ0v) is 22.5. The molecule has 1 aromatic heterocycles. The van der Waals surface area contributed by atoms with E-state index in [1.807, 2.05) is 36.6 Å². The molecule has 1 saturated carbocycles. The summed E-state index contributed by atoms with van der Waals surface area (Å²) in [5.41, 5.74) is 5.60. The molecule has 7 heteroatoms. The quantitative estimate of drug-likeness (QED) is 0.483. The van der Waals surface area contributed by atoms with Gasteiger partial charge in [-0.25, -0.2) is 4.98 Å². The number of aryl methyl sites for hydroxylation is 1. The van der Waals surface area contributed by atoms with Gasteiger partial charge in [-0.05, 0) is 72.6 Å². The Labute approximate surface area is 227 Å². The van der Waals surface area contributed by atoms with Gasteiger partial charge in [0.25, 0.3) is 0 Å². The van der Waals surface area contributed by atoms with E-state index >= 15 is 0 Å². The Morgan fingerprint density at radius 1 is 1.11 bits per heavy atom. The molecule has 3 fully saturated rings. The van der Waals surface area contributed by atoms with Gasteiger partial charge in [-0.3, -0.25) is 9.59 Å². The van der Waals surface area contributed by atoms with Gasteiger partial charge < -0.3 is 15.0 Å². The fourth-order valence-corrected chi connectivity index (χ4v) is 8.10. The number of carbonyl (C=O) groups excluding carboxylic acids is 2. The van der Waals surface area contributed by atoms with Crippen molar-refractivity contribution in [1.29, 1.82) is 0 Å². The number of carbonyl (C=O) groups is 2. The molecule has 2 aliphatic carbocycles. The summed E-state index contributed by atoms with van der Waals surface area (Å²) in [6, 6.07) is 16.6. The van der Waals surface area contributed by atoms with Crippen molar-refractivity contribution in [2.24, 2.45) is 17.8 Å². The number of nitrogens with zero attached hydrogens (tertiary/aromatic N) is 2. The average molecular weight is 528 g/mol. The maximum absolute atomic E-state index is 13.2. The van der Waals surface area contributed by atoms with E-state index in [9.17, 15) is 9.59 Å². The zero-order chi connectivity index (χ0) is 25.9. The highest BCUT2D eigenvalue weighted by Crippen LogP contribution is 2.55. The van der Waals surface area contributed by atoms with Crippen LogP contribution >= 0.6 is 11.3 Å². The van der Waals surface area contributed by atoms with Crippen molar-refractivity contribution in [3.8, 4) is 10.6 Å². The summed E-state index contributed by atoms with van der Waals surface area (Å²) in [6.45, 7) is 5.13. The number of amides is 2. The van der Waals surface area contributed by atoms with Crippen LogP contribution in [0.4, 0.5) is 5.69 Å². The van der Waals surface area contributed by atoms with Gasteiger partial charge >= 0.3 is 0 Å². The van der Waals surface area contributed by atoms with Gasteiger partial charge in [0.1, 0.15) is 5.01 Å². The second kappa shape index (κ2) is 9.31. The van der Waals surface area contributed by atoms with Gasteiger partial charge in [-0.1, -0.05) is 36.4 Å². The molecule has 1 spiro atoms. The Balaban J connectivity index is 1.02. The van der Waals surface area contributed by atoms with Gasteiger partial charge in [0.15, 0.2) is 0 Å². The Kier molecular flexibility index (Phi) is 5.89. The molecule has 196 valence electrons. The Hall–Kier alpha value is -3.03. The van der Waals surface area contributed by atoms with Crippen LogP contribution in [-0.4, -0.2) is 48.0 Å². The van der Waals surface area contributed by atoms with Crippen molar-refractivity contribution in [2.75, 3.05) is 31.6 Å². The molecule has 2 unspecified atom stereocenters. The molecular formula is C31H33N3O3S. The van der Waals surface area contributed by atoms with E-state index in [4.69, 9.17) is 4.74 Å². The van der Waals surface area contributed by atoms with Crippen molar-refractivity contribution >= 4 is 28.8 Å². The molecule has 7 rings (SSSR count). The van der Waals surface area contributed by atoms with Crippen molar-refractivity contribution in [3.63, 3.8) is 0 Å². The summed E-state index contributed by atoms with van der Waals surface area (Å²) >= 11 is 1.62. The number of aromatic nitrogens is 1. The number of fused-ring (bicyclic) bond motifs is 3. The van der Waals surface area contributed by atoms with Crippen molar-refractivity contribution in [1.82, 2.24) is 9.88 Å². The maximum Gasteiger partial charge on any atom is 0.226 e. The second-order valence-electron chi connectivity index (χ2n) is 11.6. The number of thiazole rings is 1. The third-order valence-electron chi connectivity index (χ3n) is 9.32. The van der Waals surface area contributed by atoms with Gasteiger partial charge in [-0.2, -0.15) is 0 Å². The zero-order valence-electron chi connectivity index (χ0n) is 21.7. The number of hydrogen-bond acceptors (Lipinski definition) is 5. The summed E-state index contributed by atoms with van der Waals surface area (Å²) in [6.07, 6.45) is 3.39. The summed E-state index contributed by atoms with van der Waals surface area (Å²) < 4.78 is 5.49. The molecule has 2 saturated heterocycles. The van der Waals surface area contributed by atoms with Gasteiger partial charge in [-0.15, -0.1) is 11.3 Å². The minimum absolute atomic E-state index is 0.0458. The van der Waals surface area contributed by atoms with E-state index in [2.05, 4.69) is 39.5 Å². The SMILES string of the molecule is Cc1csc(-c2cccc(NC(=O)CC3CC4(CCN(C(=O)C5[C@H]6COC[C@@H]56)CC4)c4ccccc43)c2)n1. The molecule has 3 aromatic rings. The standard InChI is InChI=1S/C31H33N3O3S/c1-19-18-38-29(32-19)20-5-4-6-22(13-20)33-27(35)14-21-15-31(26-8-3-2-7-23(21)26)9-11-34(12-10-31)30(36)28-24-16-37-17-25(24)28/h2-8,13,18,21,24-25,28H,9-12,14-17H2,1H3,(H,33,35)/t21?,24-,25+,28?. The lowest BCUT2D eigenvalue weighted by atomic mass is 9.73. The molecule has 4 atom stereocenters. The second-order valence-corrected chi connectivity index (χ2v) is 12.5. The smallest absolute Gasteiger partial charge is 0.226 e. The third-order valence-corrected chi connectivity index (χ3v) is 10.3. The fourth-order valence-electron chi connectivity index (χ4n) is 7.31. The Morgan fingerprint density at radius 2 is 1.89 bits per heavy atom. The van der Waals surface area contributed by atoms with Crippen molar-refractivity contribution in [2.45, 2.75) is 43.9 Å². The van der Waals surface area contributed by atoms with Crippen molar-refractivity contribution in [3.05, 3.63) is 70.7 Å². The number of nitrogens with one attached hydrogen (secondary N) is 1. The van der Waals surface area contributed by atoms with E-state index in [1.54, 1.807) is 11.3 Å². The van der Waals surface area contributed by atoms with Crippen LogP contribution in [0.25, 0.3) is 10.6 Å². The number of ether oxygens (including phenoxy) is 1. The molecule has 1 N–H and O–H groups in total. The number of benzene rings is 2. The third kappa shape index (κ3) is 4.16. The minimum Gasteiger partial charge on any atom is -0.381 e. The van der Waals surface area contributed by atoms with Crippen LogP contribution in [0.15, 0.2) is 53.9 Å². The molecule has 2 aliphatic heterocycles. The van der Waals surface area contributed by atoms with Crippen LogP contribution < -0.4 is 5.32 Å². The van der Waals surface area contributed by atoms with Crippen LogP contribution in [-0.2, 0) is 19.7 Å². The molecule has 2 aromatic carbocycles. The monoisotopic (exact) mass is 527 g/mol. The lowest BCUT2D eigenvalue weighted by Gasteiger charge is -2.40. The largest absolute Gasteiger partial charge is 0.381 e. The average Bonchev–Trinajstić information content (AvgIpc) is 3.27. The summed E-state index contributed by atoms with van der Waals surface area (Å²) in [5, 5.41) is 6.15. The fraction of sp³-hybridized carbons (Fsp3) is 0.452. The summed E-state index contributed by atoms with van der Waals surface area (Å²) in [5.74, 6) is 1.70. The predicted molar refractivity (Wildman–Crippen MR) is 148 cm³/mol. The topological polar surface area (TPSA) is 71.5 Å². The predicted octanol–water partition coefficient (Wildman–Crippen LogP) is 5.39. The molecule has 3 heterocycles. The van der Waals surface area contributed by atoms with Crippen LogP contribution in [0.5, 0.6) is 0 Å². The highest BCUT2D eigenvalue weighted by Gasteiger charge is 2.59. The van der Waals surface area contributed by atoms with E-state index in [1.165, 1.54) is 11.1 Å². The van der Waals surface area contributed by atoms with Gasteiger partial charge in [0.05, 0.1) is 13.2 Å². The lowest BCUT2D eigenvalue weighted by molar-refractivity contribution is -0.135. The number of anilines is 1. The molecule has 0 radical (unpaired) electrons. The first-order chi connectivity index (χ1) is 18.5. The van der Waals surface area contributed by atoms with Crippen LogP contribution in [0.1, 0.15) is 48.4 Å². The summed E-state index contributed by atoms with van der Waals surface area (Å²) in [4.78, 5) is 33.1. The molecule has 38 heavy (non-hydrogen) atoms. The van der Waals surface area contributed by atoms with E-state index in [0.717, 1.165) is 67.5 Å². The highest BCUT2D eigenvalue weighted by atomic mass is 32.1. The highest BCUT2D eigenvalue weighted by molar-refractivity contribution is 7.13. The molecule has 0 bridgehead atoms. The first kappa shape index (κ1) is 24.0. The van der Waals surface area contributed by atoms with Crippen LogP contribution in [0, 0.1) is 24.7 Å². The maximum atomic E-state index is 13.2. The first-order valence-electron chi connectivity index (χ1n) is 13.8. The molecular weight excluding hydrogens is 494 g/mol. The minimum atomic E-state index is 0.0458. The van der Waals surface area contributed by atoms with Gasteiger partial charge in [0.2, 0.25) is 11.8 Å². The van der Waals surface area contributed by atoms with E-state index in [-0.39, 0.29) is 23.2 Å². The first-order valence-corrected chi connectivity index (χ1v) is 14.7. The molecule has 4 aliphatic rings. The molecule has 2 amide bonds.